The third kappa shape index (κ3) is 4.46. The van der Waals surface area contributed by atoms with E-state index in [9.17, 15) is 4.39 Å². The van der Waals surface area contributed by atoms with Crippen molar-refractivity contribution in [2.75, 3.05) is 5.32 Å². The number of hydrogen-bond acceptors (Lipinski definition) is 5. The first-order valence-electron chi connectivity index (χ1n) is 8.34. The second-order valence-corrected chi connectivity index (χ2v) is 5.81. The Kier molecular flexibility index (Phi) is 4.74. The number of rotatable bonds is 6. The fraction of sp³-hybridized carbons (Fsp3) is 0.0500. The minimum absolute atomic E-state index is 0.320. The van der Waals surface area contributed by atoms with Gasteiger partial charge in [0.1, 0.15) is 11.6 Å². The van der Waals surface area contributed by atoms with Crippen LogP contribution >= 0.6 is 0 Å². The van der Waals surface area contributed by atoms with E-state index < -0.39 is 0 Å². The highest BCUT2D eigenvalue weighted by Crippen LogP contribution is 2.21. The van der Waals surface area contributed by atoms with Gasteiger partial charge in [0.05, 0.1) is 18.4 Å². The van der Waals surface area contributed by atoms with Crippen molar-refractivity contribution in [1.82, 2.24) is 19.7 Å². The highest BCUT2D eigenvalue weighted by atomic mass is 19.1. The van der Waals surface area contributed by atoms with Gasteiger partial charge in [0, 0.05) is 18.5 Å². The molecule has 27 heavy (non-hydrogen) atoms. The fourth-order valence-corrected chi connectivity index (χ4v) is 2.50. The summed E-state index contributed by atoms with van der Waals surface area (Å²) in [6, 6.07) is 17.5. The lowest BCUT2D eigenvalue weighted by atomic mass is 10.2. The lowest BCUT2D eigenvalue weighted by Gasteiger charge is -2.06. The molecule has 2 aromatic carbocycles. The van der Waals surface area contributed by atoms with Gasteiger partial charge in [-0.25, -0.2) is 9.37 Å². The summed E-state index contributed by atoms with van der Waals surface area (Å²) in [5.41, 5.74) is 1.93. The van der Waals surface area contributed by atoms with Gasteiger partial charge in [0.25, 0.3) is 0 Å². The summed E-state index contributed by atoms with van der Waals surface area (Å²) in [4.78, 5) is 8.49. The quantitative estimate of drug-likeness (QED) is 0.551. The summed E-state index contributed by atoms with van der Waals surface area (Å²) in [5, 5.41) is 7.44. The monoisotopic (exact) mass is 361 g/mol. The van der Waals surface area contributed by atoms with Gasteiger partial charge in [-0.15, -0.1) is 0 Å². The molecule has 0 saturated heterocycles. The van der Waals surface area contributed by atoms with Crippen molar-refractivity contribution in [1.29, 1.82) is 0 Å². The second-order valence-electron chi connectivity index (χ2n) is 5.81. The zero-order valence-electron chi connectivity index (χ0n) is 14.3. The molecule has 2 heterocycles. The Hall–Kier alpha value is -3.74. The predicted molar refractivity (Wildman–Crippen MR) is 99.6 cm³/mol. The van der Waals surface area contributed by atoms with Crippen LogP contribution in [0.5, 0.6) is 11.6 Å². The van der Waals surface area contributed by atoms with Gasteiger partial charge in [-0.2, -0.15) is 10.1 Å². The molecular formula is C20H16FN5O. The van der Waals surface area contributed by atoms with E-state index in [0.29, 0.717) is 24.1 Å². The summed E-state index contributed by atoms with van der Waals surface area (Å²) in [6.07, 6.45) is 5.17. The van der Waals surface area contributed by atoms with Crippen molar-refractivity contribution in [3.63, 3.8) is 0 Å². The smallest absolute Gasteiger partial charge is 0.230 e. The summed E-state index contributed by atoms with van der Waals surface area (Å²) >= 11 is 0. The molecule has 0 amide bonds. The topological polar surface area (TPSA) is 64.9 Å². The first-order chi connectivity index (χ1) is 13.2. The van der Waals surface area contributed by atoms with Crippen molar-refractivity contribution in [3.8, 4) is 11.6 Å². The van der Waals surface area contributed by atoms with Crippen LogP contribution in [0, 0.1) is 5.82 Å². The van der Waals surface area contributed by atoms with Crippen molar-refractivity contribution >= 4 is 11.6 Å². The minimum atomic E-state index is -0.320. The molecule has 0 saturated carbocycles. The van der Waals surface area contributed by atoms with Gasteiger partial charge in [0.2, 0.25) is 11.8 Å². The van der Waals surface area contributed by atoms with E-state index in [2.05, 4.69) is 20.4 Å². The number of nitrogens with one attached hydrogen (secondary N) is 1. The Morgan fingerprint density at radius 3 is 2.63 bits per heavy atom. The zero-order valence-corrected chi connectivity index (χ0v) is 14.3. The van der Waals surface area contributed by atoms with Gasteiger partial charge in [-0.1, -0.05) is 30.3 Å². The molecule has 134 valence electrons. The lowest BCUT2D eigenvalue weighted by Crippen LogP contribution is -2.00. The summed E-state index contributed by atoms with van der Waals surface area (Å²) in [7, 11) is 0. The molecule has 2 aromatic heterocycles. The average molecular weight is 361 g/mol. The number of halogens is 1. The van der Waals surface area contributed by atoms with Crippen LogP contribution in [0.3, 0.4) is 0 Å². The predicted octanol–water partition coefficient (Wildman–Crippen LogP) is 4.40. The molecule has 0 unspecified atom stereocenters. The van der Waals surface area contributed by atoms with Crippen LogP contribution in [0.25, 0.3) is 0 Å². The normalized spacial score (nSPS) is 10.6. The molecule has 6 nitrogen and oxygen atoms in total. The third-order valence-electron chi connectivity index (χ3n) is 3.74. The largest absolute Gasteiger partial charge is 0.439 e. The molecule has 4 aromatic rings. The van der Waals surface area contributed by atoms with Gasteiger partial charge < -0.3 is 10.1 Å². The van der Waals surface area contributed by atoms with Gasteiger partial charge in [0.15, 0.2) is 0 Å². The van der Waals surface area contributed by atoms with E-state index >= 15 is 0 Å². The van der Waals surface area contributed by atoms with Gasteiger partial charge in [-0.3, -0.25) is 4.68 Å². The standard InChI is InChI=1S/C20H16FN5O/c21-16-6-8-18(9-7-16)27-19-10-11-22-20(25-19)24-17-12-23-26(14-17)13-15-4-2-1-3-5-15/h1-12,14H,13H2,(H,22,24,25). The molecule has 0 aliphatic rings. The minimum Gasteiger partial charge on any atom is -0.439 e. The van der Waals surface area contributed by atoms with Crippen molar-refractivity contribution < 1.29 is 9.13 Å². The maximum absolute atomic E-state index is 13.0. The van der Waals surface area contributed by atoms with E-state index in [1.54, 1.807) is 18.5 Å². The third-order valence-corrected chi connectivity index (χ3v) is 3.74. The number of benzene rings is 2. The van der Waals surface area contributed by atoms with Crippen LogP contribution in [-0.2, 0) is 6.54 Å². The fourth-order valence-electron chi connectivity index (χ4n) is 2.50. The molecule has 0 atom stereocenters. The molecule has 0 radical (unpaired) electrons. The first kappa shape index (κ1) is 16.7. The van der Waals surface area contributed by atoms with Gasteiger partial charge in [-0.05, 0) is 29.8 Å². The van der Waals surface area contributed by atoms with E-state index in [1.807, 2.05) is 41.2 Å². The average Bonchev–Trinajstić information content (AvgIpc) is 3.11. The number of anilines is 2. The Labute approximate surface area is 155 Å². The number of aromatic nitrogens is 4. The van der Waals surface area contributed by atoms with Crippen molar-refractivity contribution in [2.45, 2.75) is 6.54 Å². The SMILES string of the molecule is Fc1ccc(Oc2ccnc(Nc3cnn(Cc4ccccc4)c3)n2)cc1. The van der Waals surface area contributed by atoms with E-state index in [0.717, 1.165) is 11.3 Å². The van der Waals surface area contributed by atoms with Crippen LogP contribution in [0.15, 0.2) is 79.3 Å². The molecule has 1 N–H and O–H groups in total. The molecule has 0 fully saturated rings. The zero-order chi connectivity index (χ0) is 18.5. The van der Waals surface area contributed by atoms with Gasteiger partial charge >= 0.3 is 0 Å². The summed E-state index contributed by atoms with van der Waals surface area (Å²) in [5.74, 6) is 0.918. The number of ether oxygens (including phenoxy) is 1. The van der Waals surface area contributed by atoms with Crippen LogP contribution in [0.1, 0.15) is 5.56 Å². The molecule has 4 rings (SSSR count). The van der Waals surface area contributed by atoms with Crippen molar-refractivity contribution in [2.24, 2.45) is 0 Å². The molecule has 0 aliphatic carbocycles. The van der Waals surface area contributed by atoms with Crippen LogP contribution < -0.4 is 10.1 Å². The Balaban J connectivity index is 1.43. The highest BCUT2D eigenvalue weighted by molar-refractivity contribution is 5.50. The molecule has 0 spiro atoms. The number of hydrogen-bond donors (Lipinski definition) is 1. The Morgan fingerprint density at radius 2 is 1.81 bits per heavy atom. The lowest BCUT2D eigenvalue weighted by molar-refractivity contribution is 0.461. The number of nitrogens with zero attached hydrogens (tertiary/aromatic N) is 4. The van der Waals surface area contributed by atoms with E-state index in [-0.39, 0.29) is 5.82 Å². The molecular weight excluding hydrogens is 345 g/mol. The van der Waals surface area contributed by atoms with Crippen LogP contribution in [0.2, 0.25) is 0 Å². The Bertz CT molecular complexity index is 1020. The molecule has 7 heteroatoms. The molecule has 0 aliphatic heterocycles. The molecule has 0 bridgehead atoms. The van der Waals surface area contributed by atoms with Crippen molar-refractivity contribution in [3.05, 3.63) is 90.6 Å². The van der Waals surface area contributed by atoms with E-state index in [4.69, 9.17) is 4.74 Å². The maximum atomic E-state index is 13.0. The first-order valence-corrected chi connectivity index (χ1v) is 8.34. The van der Waals surface area contributed by atoms with Crippen LogP contribution in [0.4, 0.5) is 16.0 Å². The second kappa shape index (κ2) is 7.65. The Morgan fingerprint density at radius 1 is 1.00 bits per heavy atom. The van der Waals surface area contributed by atoms with Crippen LogP contribution in [-0.4, -0.2) is 19.7 Å². The maximum Gasteiger partial charge on any atom is 0.230 e. The van der Waals surface area contributed by atoms with E-state index in [1.165, 1.54) is 24.3 Å². The summed E-state index contributed by atoms with van der Waals surface area (Å²) in [6.45, 7) is 0.678. The summed E-state index contributed by atoms with van der Waals surface area (Å²) < 4.78 is 20.4. The highest BCUT2D eigenvalue weighted by Gasteiger charge is 2.05.